The first-order valence-corrected chi connectivity index (χ1v) is 9.07. The number of hydrogen-bond acceptors (Lipinski definition) is 6. The Kier molecular flexibility index (Phi) is 4.26. The lowest BCUT2D eigenvalue weighted by atomic mass is 10.1. The standard InChI is InChI=1S/C19H17FN4OS/c1-10-7-14(21-8-10)22-17-15-11(2)9-26-19(15)24-18(23-17)16(25)12-3-5-13(20)6-4-12/h3-7,9,16,25H,8H2,1-2H3,(H,21,22,23,24). The third-order valence-corrected chi connectivity index (χ3v) is 5.18. The van der Waals surface area contributed by atoms with Crippen LogP contribution in [0.15, 0.2) is 46.3 Å². The molecular formula is C19H17FN4OS. The molecule has 5 nitrogen and oxygen atoms in total. The zero-order chi connectivity index (χ0) is 18.3. The molecule has 1 unspecified atom stereocenters. The summed E-state index contributed by atoms with van der Waals surface area (Å²) in [6, 6.07) is 5.69. The zero-order valence-corrected chi connectivity index (χ0v) is 15.1. The summed E-state index contributed by atoms with van der Waals surface area (Å²) >= 11 is 1.50. The first-order valence-electron chi connectivity index (χ1n) is 8.19. The molecule has 0 bridgehead atoms. The van der Waals surface area contributed by atoms with Crippen LogP contribution in [0.25, 0.3) is 10.2 Å². The molecule has 0 aliphatic carbocycles. The second-order valence-electron chi connectivity index (χ2n) is 6.30. The van der Waals surface area contributed by atoms with E-state index < -0.39 is 6.10 Å². The van der Waals surface area contributed by atoms with Crippen molar-refractivity contribution in [2.24, 2.45) is 4.99 Å². The summed E-state index contributed by atoms with van der Waals surface area (Å²) in [5, 5.41) is 16.9. The molecule has 0 saturated carbocycles. The molecule has 26 heavy (non-hydrogen) atoms. The minimum atomic E-state index is -1.04. The fourth-order valence-electron chi connectivity index (χ4n) is 2.84. The van der Waals surface area contributed by atoms with Crippen LogP contribution in [0.3, 0.4) is 0 Å². The number of nitrogens with zero attached hydrogens (tertiary/aromatic N) is 3. The number of hydrogen-bond donors (Lipinski definition) is 2. The summed E-state index contributed by atoms with van der Waals surface area (Å²) < 4.78 is 13.1. The first kappa shape index (κ1) is 16.8. The molecule has 1 aliphatic heterocycles. The molecule has 0 fully saturated rings. The van der Waals surface area contributed by atoms with Gasteiger partial charge in [-0.15, -0.1) is 11.3 Å². The van der Waals surface area contributed by atoms with Gasteiger partial charge in [0.15, 0.2) is 5.82 Å². The topological polar surface area (TPSA) is 70.4 Å². The third kappa shape index (κ3) is 3.11. The Bertz CT molecular complexity index is 1040. The quantitative estimate of drug-likeness (QED) is 0.733. The fourth-order valence-corrected chi connectivity index (χ4v) is 3.77. The van der Waals surface area contributed by atoms with Crippen LogP contribution in [0.4, 0.5) is 10.2 Å². The maximum atomic E-state index is 13.1. The van der Waals surface area contributed by atoms with E-state index in [0.717, 1.165) is 21.6 Å². The molecule has 7 heteroatoms. The van der Waals surface area contributed by atoms with Gasteiger partial charge in [0.2, 0.25) is 0 Å². The van der Waals surface area contributed by atoms with Gasteiger partial charge in [0.1, 0.15) is 28.4 Å². The molecule has 4 rings (SSSR count). The van der Waals surface area contributed by atoms with Gasteiger partial charge in [-0.1, -0.05) is 12.1 Å². The Morgan fingerprint density at radius 1 is 1.19 bits per heavy atom. The number of nitrogens with one attached hydrogen (secondary N) is 1. The number of rotatable bonds is 3. The average Bonchev–Trinajstić information content (AvgIpc) is 3.21. The van der Waals surface area contributed by atoms with Crippen molar-refractivity contribution in [3.05, 3.63) is 64.1 Å². The lowest BCUT2D eigenvalue weighted by molar-refractivity contribution is 0.210. The number of benzene rings is 1. The van der Waals surface area contributed by atoms with E-state index in [1.54, 1.807) is 0 Å². The number of anilines is 1. The number of aliphatic imine (C=N–C) groups is 1. The number of amidine groups is 1. The summed E-state index contributed by atoms with van der Waals surface area (Å²) in [4.78, 5) is 14.3. The number of halogens is 1. The van der Waals surface area contributed by atoms with Crippen LogP contribution in [0.1, 0.15) is 30.0 Å². The number of aryl methyl sites for hydroxylation is 1. The van der Waals surface area contributed by atoms with E-state index in [4.69, 9.17) is 0 Å². The highest BCUT2D eigenvalue weighted by atomic mass is 32.1. The first-order chi connectivity index (χ1) is 12.5. The van der Waals surface area contributed by atoms with Crippen molar-refractivity contribution in [2.45, 2.75) is 20.0 Å². The smallest absolute Gasteiger partial charge is 0.165 e. The van der Waals surface area contributed by atoms with E-state index in [2.05, 4.69) is 20.3 Å². The van der Waals surface area contributed by atoms with E-state index >= 15 is 0 Å². The summed E-state index contributed by atoms with van der Waals surface area (Å²) in [6.07, 6.45) is 0.942. The zero-order valence-electron chi connectivity index (χ0n) is 14.3. The Morgan fingerprint density at radius 3 is 2.65 bits per heavy atom. The molecule has 0 radical (unpaired) electrons. The molecule has 2 N–H and O–H groups in total. The van der Waals surface area contributed by atoms with Gasteiger partial charge in [-0.3, -0.25) is 4.99 Å². The number of fused-ring (bicyclic) bond motifs is 1. The predicted molar refractivity (Wildman–Crippen MR) is 102 cm³/mol. The molecule has 3 heterocycles. The third-order valence-electron chi connectivity index (χ3n) is 4.19. The van der Waals surface area contributed by atoms with E-state index in [-0.39, 0.29) is 11.6 Å². The van der Waals surface area contributed by atoms with E-state index in [1.807, 2.05) is 25.3 Å². The molecule has 132 valence electrons. The van der Waals surface area contributed by atoms with Crippen LogP contribution >= 0.6 is 11.3 Å². The van der Waals surface area contributed by atoms with Gasteiger partial charge in [-0.2, -0.15) is 0 Å². The number of aliphatic hydroxyl groups is 1. The fraction of sp³-hybridized carbons (Fsp3) is 0.211. The Labute approximate surface area is 154 Å². The molecule has 0 saturated heterocycles. The maximum Gasteiger partial charge on any atom is 0.165 e. The summed E-state index contributed by atoms with van der Waals surface area (Å²) in [6.45, 7) is 4.69. The number of aromatic nitrogens is 2. The molecule has 0 spiro atoms. The van der Waals surface area contributed by atoms with Gasteiger partial charge in [-0.05, 0) is 54.1 Å². The molecule has 3 aromatic rings. The van der Waals surface area contributed by atoms with Crippen molar-refractivity contribution < 1.29 is 9.50 Å². The lowest BCUT2D eigenvalue weighted by Crippen LogP contribution is -2.13. The monoisotopic (exact) mass is 368 g/mol. The minimum Gasteiger partial charge on any atom is -0.380 e. The largest absolute Gasteiger partial charge is 0.380 e. The normalized spacial score (nSPS) is 15.1. The second kappa shape index (κ2) is 6.59. The highest BCUT2D eigenvalue weighted by Crippen LogP contribution is 2.32. The van der Waals surface area contributed by atoms with E-state index in [0.29, 0.717) is 17.9 Å². The second-order valence-corrected chi connectivity index (χ2v) is 7.16. The van der Waals surface area contributed by atoms with Crippen molar-refractivity contribution in [1.82, 2.24) is 9.97 Å². The summed E-state index contributed by atoms with van der Waals surface area (Å²) in [5.74, 6) is 1.28. The van der Waals surface area contributed by atoms with Gasteiger partial charge in [0, 0.05) is 0 Å². The SMILES string of the molecule is CC1=CC(Nc2nc(C(O)c3ccc(F)cc3)nc3scc(C)c23)=NC1. The highest BCUT2D eigenvalue weighted by molar-refractivity contribution is 7.17. The van der Waals surface area contributed by atoms with Crippen molar-refractivity contribution in [2.75, 3.05) is 11.9 Å². The number of aliphatic hydroxyl groups excluding tert-OH is 1. The van der Waals surface area contributed by atoms with Crippen LogP contribution in [0.5, 0.6) is 0 Å². The molecule has 0 amide bonds. The molecule has 1 aromatic carbocycles. The average molecular weight is 368 g/mol. The van der Waals surface area contributed by atoms with Crippen LogP contribution in [-0.4, -0.2) is 27.5 Å². The molecular weight excluding hydrogens is 351 g/mol. The Hall–Kier alpha value is -2.64. The van der Waals surface area contributed by atoms with Crippen molar-refractivity contribution in [1.29, 1.82) is 0 Å². The van der Waals surface area contributed by atoms with Gasteiger partial charge in [0.25, 0.3) is 0 Å². The molecule has 1 atom stereocenters. The number of thiophene rings is 1. The van der Waals surface area contributed by atoms with Crippen LogP contribution in [-0.2, 0) is 0 Å². The minimum absolute atomic E-state index is 0.271. The lowest BCUT2D eigenvalue weighted by Gasteiger charge is -2.13. The van der Waals surface area contributed by atoms with Gasteiger partial charge in [-0.25, -0.2) is 14.4 Å². The Morgan fingerprint density at radius 2 is 1.96 bits per heavy atom. The van der Waals surface area contributed by atoms with Crippen LogP contribution in [0, 0.1) is 12.7 Å². The Balaban J connectivity index is 1.77. The highest BCUT2D eigenvalue weighted by Gasteiger charge is 2.19. The van der Waals surface area contributed by atoms with E-state index in [9.17, 15) is 9.50 Å². The van der Waals surface area contributed by atoms with Crippen molar-refractivity contribution in [3.63, 3.8) is 0 Å². The van der Waals surface area contributed by atoms with Crippen LogP contribution < -0.4 is 5.32 Å². The van der Waals surface area contributed by atoms with Gasteiger partial charge in [0.05, 0.1) is 11.9 Å². The predicted octanol–water partition coefficient (Wildman–Crippen LogP) is 3.99. The summed E-state index contributed by atoms with van der Waals surface area (Å²) in [7, 11) is 0. The van der Waals surface area contributed by atoms with E-state index in [1.165, 1.54) is 41.2 Å². The van der Waals surface area contributed by atoms with Crippen LogP contribution in [0.2, 0.25) is 0 Å². The van der Waals surface area contributed by atoms with Gasteiger partial charge < -0.3 is 10.4 Å². The molecule has 2 aromatic heterocycles. The maximum absolute atomic E-state index is 13.1. The van der Waals surface area contributed by atoms with Crippen molar-refractivity contribution in [3.8, 4) is 0 Å². The molecule has 1 aliphatic rings. The summed E-state index contributed by atoms with van der Waals surface area (Å²) in [5.41, 5.74) is 2.78. The van der Waals surface area contributed by atoms with Crippen molar-refractivity contribution >= 4 is 33.2 Å². The van der Waals surface area contributed by atoms with Gasteiger partial charge >= 0.3 is 0 Å².